The first kappa shape index (κ1) is 14.2. The minimum absolute atomic E-state index is 0.118. The van der Waals surface area contributed by atoms with E-state index in [1.807, 2.05) is 0 Å². The maximum Gasteiger partial charge on any atom is 0.0424 e. The lowest BCUT2D eigenvalue weighted by molar-refractivity contribution is 0.293. The molecule has 1 atom stereocenters. The van der Waals surface area contributed by atoms with Crippen molar-refractivity contribution in [2.24, 2.45) is 11.7 Å². The SMILES string of the molecule is Cc1cccc(C(N)CN(C)CCC(C)C)c1. The molecule has 2 nitrogen and oxygen atoms in total. The number of likely N-dealkylation sites (N-methyl/N-ethyl adjacent to an activating group) is 1. The van der Waals surface area contributed by atoms with Crippen molar-refractivity contribution in [3.8, 4) is 0 Å². The van der Waals surface area contributed by atoms with Gasteiger partial charge in [-0.3, -0.25) is 0 Å². The van der Waals surface area contributed by atoms with Crippen molar-refractivity contribution in [3.63, 3.8) is 0 Å². The van der Waals surface area contributed by atoms with Crippen molar-refractivity contribution < 1.29 is 0 Å². The van der Waals surface area contributed by atoms with E-state index in [9.17, 15) is 0 Å². The molecule has 0 amide bonds. The fourth-order valence-corrected chi connectivity index (χ4v) is 1.91. The van der Waals surface area contributed by atoms with Crippen LogP contribution >= 0.6 is 0 Å². The van der Waals surface area contributed by atoms with E-state index in [4.69, 9.17) is 5.73 Å². The summed E-state index contributed by atoms with van der Waals surface area (Å²) in [4.78, 5) is 2.33. The number of nitrogens with zero attached hydrogens (tertiary/aromatic N) is 1. The maximum atomic E-state index is 6.23. The van der Waals surface area contributed by atoms with E-state index in [0.717, 1.165) is 19.0 Å². The number of hydrogen-bond donors (Lipinski definition) is 1. The molecule has 1 aromatic carbocycles. The van der Waals surface area contributed by atoms with Gasteiger partial charge in [-0.1, -0.05) is 43.7 Å². The number of hydrogen-bond acceptors (Lipinski definition) is 2. The normalized spacial score (nSPS) is 13.4. The van der Waals surface area contributed by atoms with E-state index in [-0.39, 0.29) is 6.04 Å². The molecule has 17 heavy (non-hydrogen) atoms. The molecule has 0 aliphatic carbocycles. The topological polar surface area (TPSA) is 29.3 Å². The van der Waals surface area contributed by atoms with Crippen molar-refractivity contribution in [1.29, 1.82) is 0 Å². The Morgan fingerprint density at radius 1 is 1.29 bits per heavy atom. The fraction of sp³-hybridized carbons (Fsp3) is 0.600. The summed E-state index contributed by atoms with van der Waals surface area (Å²) in [7, 11) is 2.15. The summed E-state index contributed by atoms with van der Waals surface area (Å²) in [6.45, 7) is 8.68. The fourth-order valence-electron chi connectivity index (χ4n) is 1.91. The minimum atomic E-state index is 0.118. The van der Waals surface area contributed by atoms with Crippen LogP contribution in [-0.4, -0.2) is 25.0 Å². The molecular formula is C15H26N2. The van der Waals surface area contributed by atoms with E-state index < -0.39 is 0 Å². The van der Waals surface area contributed by atoms with Crippen LogP contribution in [0.2, 0.25) is 0 Å². The van der Waals surface area contributed by atoms with Crippen LogP contribution in [0, 0.1) is 12.8 Å². The zero-order valence-corrected chi connectivity index (χ0v) is 11.6. The quantitative estimate of drug-likeness (QED) is 0.820. The standard InChI is InChI=1S/C15H26N2/c1-12(2)8-9-17(4)11-15(16)14-7-5-6-13(3)10-14/h5-7,10,12,15H,8-9,11,16H2,1-4H3. The molecule has 96 valence electrons. The summed E-state index contributed by atoms with van der Waals surface area (Å²) < 4.78 is 0. The van der Waals surface area contributed by atoms with Crippen molar-refractivity contribution >= 4 is 0 Å². The third-order valence-corrected chi connectivity index (χ3v) is 3.07. The van der Waals surface area contributed by atoms with Crippen LogP contribution in [0.3, 0.4) is 0 Å². The van der Waals surface area contributed by atoms with Gasteiger partial charge in [0.1, 0.15) is 0 Å². The van der Waals surface area contributed by atoms with Crippen LogP contribution in [0.25, 0.3) is 0 Å². The smallest absolute Gasteiger partial charge is 0.0424 e. The Balaban J connectivity index is 2.45. The minimum Gasteiger partial charge on any atom is -0.323 e. The van der Waals surface area contributed by atoms with Crippen LogP contribution in [0.1, 0.15) is 37.4 Å². The van der Waals surface area contributed by atoms with Crippen LogP contribution in [0.5, 0.6) is 0 Å². The van der Waals surface area contributed by atoms with Crippen LogP contribution < -0.4 is 5.73 Å². The second-order valence-electron chi connectivity index (χ2n) is 5.47. The predicted octanol–water partition coefficient (Wildman–Crippen LogP) is 2.97. The zero-order chi connectivity index (χ0) is 12.8. The van der Waals surface area contributed by atoms with Gasteiger partial charge in [0.25, 0.3) is 0 Å². The lowest BCUT2D eigenvalue weighted by Gasteiger charge is -2.22. The van der Waals surface area contributed by atoms with Gasteiger partial charge in [-0.15, -0.1) is 0 Å². The molecule has 1 aromatic rings. The lowest BCUT2D eigenvalue weighted by Crippen LogP contribution is -2.30. The summed E-state index contributed by atoms with van der Waals surface area (Å²) in [6, 6.07) is 8.61. The van der Waals surface area contributed by atoms with Crippen molar-refractivity contribution in [2.45, 2.75) is 33.2 Å². The van der Waals surface area contributed by atoms with Gasteiger partial charge in [-0.05, 0) is 38.4 Å². The summed E-state index contributed by atoms with van der Waals surface area (Å²) in [5, 5.41) is 0. The molecule has 0 heterocycles. The third kappa shape index (κ3) is 5.33. The van der Waals surface area contributed by atoms with Crippen molar-refractivity contribution in [3.05, 3.63) is 35.4 Å². The molecule has 0 aromatic heterocycles. The third-order valence-electron chi connectivity index (χ3n) is 3.07. The highest BCUT2D eigenvalue weighted by atomic mass is 15.1. The predicted molar refractivity (Wildman–Crippen MR) is 75.1 cm³/mol. The number of benzene rings is 1. The number of rotatable bonds is 6. The van der Waals surface area contributed by atoms with E-state index in [1.165, 1.54) is 17.5 Å². The molecule has 0 fully saturated rings. The van der Waals surface area contributed by atoms with Gasteiger partial charge in [0, 0.05) is 12.6 Å². The molecule has 0 aliphatic heterocycles. The molecule has 0 radical (unpaired) electrons. The molecule has 1 rings (SSSR count). The second kappa shape index (κ2) is 6.77. The Hall–Kier alpha value is -0.860. The highest BCUT2D eigenvalue weighted by Crippen LogP contribution is 2.13. The van der Waals surface area contributed by atoms with Gasteiger partial charge in [-0.25, -0.2) is 0 Å². The molecule has 0 aliphatic rings. The van der Waals surface area contributed by atoms with Gasteiger partial charge in [0.2, 0.25) is 0 Å². The average Bonchev–Trinajstić information content (AvgIpc) is 2.26. The van der Waals surface area contributed by atoms with Gasteiger partial charge in [0.05, 0.1) is 0 Å². The van der Waals surface area contributed by atoms with E-state index in [2.05, 4.69) is 57.0 Å². The van der Waals surface area contributed by atoms with E-state index in [0.29, 0.717) is 0 Å². The second-order valence-corrected chi connectivity index (χ2v) is 5.47. The summed E-state index contributed by atoms with van der Waals surface area (Å²) in [5.74, 6) is 0.757. The Kier molecular flexibility index (Phi) is 5.66. The lowest BCUT2D eigenvalue weighted by atomic mass is 10.0. The van der Waals surface area contributed by atoms with Crippen molar-refractivity contribution in [2.75, 3.05) is 20.1 Å². The Morgan fingerprint density at radius 3 is 2.59 bits per heavy atom. The number of nitrogens with two attached hydrogens (primary N) is 1. The number of aryl methyl sites for hydroxylation is 1. The molecule has 0 saturated carbocycles. The van der Waals surface area contributed by atoms with Crippen molar-refractivity contribution in [1.82, 2.24) is 4.90 Å². The van der Waals surface area contributed by atoms with Gasteiger partial charge in [0.15, 0.2) is 0 Å². The molecule has 0 bridgehead atoms. The molecule has 1 unspecified atom stereocenters. The Bertz CT molecular complexity index is 333. The first-order chi connectivity index (χ1) is 7.99. The zero-order valence-electron chi connectivity index (χ0n) is 11.6. The molecule has 2 N–H and O–H groups in total. The molecule has 2 heteroatoms. The highest BCUT2D eigenvalue weighted by Gasteiger charge is 2.09. The average molecular weight is 234 g/mol. The highest BCUT2D eigenvalue weighted by molar-refractivity contribution is 5.24. The van der Waals surface area contributed by atoms with Crippen LogP contribution in [-0.2, 0) is 0 Å². The van der Waals surface area contributed by atoms with Crippen LogP contribution in [0.15, 0.2) is 24.3 Å². The summed E-state index contributed by atoms with van der Waals surface area (Å²) >= 11 is 0. The van der Waals surface area contributed by atoms with Gasteiger partial charge in [-0.2, -0.15) is 0 Å². The Morgan fingerprint density at radius 2 is 2.00 bits per heavy atom. The molecule has 0 spiro atoms. The Labute approximate surface area is 106 Å². The van der Waals surface area contributed by atoms with Crippen LogP contribution in [0.4, 0.5) is 0 Å². The monoisotopic (exact) mass is 234 g/mol. The first-order valence-electron chi connectivity index (χ1n) is 6.49. The summed E-state index contributed by atoms with van der Waals surface area (Å²) in [6.07, 6.45) is 1.23. The van der Waals surface area contributed by atoms with Gasteiger partial charge < -0.3 is 10.6 Å². The van der Waals surface area contributed by atoms with E-state index in [1.54, 1.807) is 0 Å². The van der Waals surface area contributed by atoms with Gasteiger partial charge >= 0.3 is 0 Å². The molecule has 0 saturated heterocycles. The maximum absolute atomic E-state index is 6.23. The van der Waals surface area contributed by atoms with E-state index >= 15 is 0 Å². The largest absolute Gasteiger partial charge is 0.323 e. The first-order valence-corrected chi connectivity index (χ1v) is 6.49. The molecular weight excluding hydrogens is 208 g/mol. The summed E-state index contributed by atoms with van der Waals surface area (Å²) in [5.41, 5.74) is 8.75.